The van der Waals surface area contributed by atoms with E-state index in [-0.39, 0.29) is 25.0 Å². The van der Waals surface area contributed by atoms with Crippen molar-refractivity contribution >= 4 is 17.5 Å². The van der Waals surface area contributed by atoms with Crippen LogP contribution in [0.2, 0.25) is 0 Å². The molecule has 3 aromatic rings. The zero-order valence-corrected chi connectivity index (χ0v) is 17.4. The number of hydrogen-bond acceptors (Lipinski definition) is 4. The second kappa shape index (κ2) is 9.73. The van der Waals surface area contributed by atoms with E-state index in [4.69, 9.17) is 4.74 Å². The Kier molecular flexibility index (Phi) is 6.85. The van der Waals surface area contributed by atoms with Crippen LogP contribution in [0.25, 0.3) is 0 Å². The molecule has 0 spiro atoms. The number of aromatic nitrogens is 2. The minimum absolute atomic E-state index is 0.137. The van der Waals surface area contributed by atoms with Gasteiger partial charge in [-0.1, -0.05) is 48.5 Å². The molecule has 0 radical (unpaired) electrons. The third-order valence-electron chi connectivity index (χ3n) is 4.79. The first kappa shape index (κ1) is 21.1. The Balaban J connectivity index is 1.50. The highest BCUT2D eigenvalue weighted by atomic mass is 16.5. The fourth-order valence-electron chi connectivity index (χ4n) is 3.12. The van der Waals surface area contributed by atoms with Crippen LogP contribution in [0.4, 0.5) is 5.69 Å². The van der Waals surface area contributed by atoms with Gasteiger partial charge in [-0.3, -0.25) is 14.3 Å². The lowest BCUT2D eigenvalue weighted by molar-refractivity contribution is -0.125. The summed E-state index contributed by atoms with van der Waals surface area (Å²) < 4.78 is 7.40. The predicted molar refractivity (Wildman–Crippen MR) is 116 cm³/mol. The number of carbonyl (C=O) groups excluding carboxylic acids is 2. The molecule has 2 aromatic carbocycles. The van der Waals surface area contributed by atoms with Crippen LogP contribution in [-0.2, 0) is 23.1 Å². The Morgan fingerprint density at radius 1 is 1.00 bits per heavy atom. The maximum absolute atomic E-state index is 12.2. The van der Waals surface area contributed by atoms with Crippen molar-refractivity contribution in [3.05, 3.63) is 77.1 Å². The minimum atomic E-state index is -0.362. The molecule has 0 atom stereocenters. The lowest BCUT2D eigenvalue weighted by Crippen LogP contribution is -2.36. The van der Waals surface area contributed by atoms with Crippen LogP contribution >= 0.6 is 0 Å². The van der Waals surface area contributed by atoms with Crippen LogP contribution < -0.4 is 15.4 Å². The molecule has 7 nitrogen and oxygen atoms in total. The molecule has 1 aromatic heterocycles. The molecule has 30 heavy (non-hydrogen) atoms. The van der Waals surface area contributed by atoms with E-state index in [1.807, 2.05) is 75.5 Å². The Bertz CT molecular complexity index is 1030. The number of ether oxygens (including phenoxy) is 1. The largest absolute Gasteiger partial charge is 0.483 e. The maximum Gasteiger partial charge on any atom is 0.258 e. The molecule has 0 aliphatic rings. The van der Waals surface area contributed by atoms with Crippen LogP contribution in [-0.4, -0.2) is 34.7 Å². The average Bonchev–Trinajstić information content (AvgIpc) is 2.98. The number of hydrogen-bond donors (Lipinski definition) is 2. The van der Waals surface area contributed by atoms with E-state index in [1.54, 1.807) is 4.68 Å². The van der Waals surface area contributed by atoms with Gasteiger partial charge in [0.05, 0.1) is 23.6 Å². The molecule has 0 saturated heterocycles. The number of nitrogens with one attached hydrogen (secondary N) is 2. The van der Waals surface area contributed by atoms with Gasteiger partial charge in [-0.05, 0) is 31.0 Å². The zero-order chi connectivity index (χ0) is 21.5. The summed E-state index contributed by atoms with van der Waals surface area (Å²) >= 11 is 0. The van der Waals surface area contributed by atoms with Gasteiger partial charge in [0.2, 0.25) is 5.91 Å². The molecular weight excluding hydrogens is 380 g/mol. The first-order valence-corrected chi connectivity index (χ1v) is 9.75. The van der Waals surface area contributed by atoms with Gasteiger partial charge in [-0.15, -0.1) is 0 Å². The lowest BCUT2D eigenvalue weighted by Gasteiger charge is -2.12. The summed E-state index contributed by atoms with van der Waals surface area (Å²) in [5.74, 6) is -0.0195. The van der Waals surface area contributed by atoms with E-state index < -0.39 is 0 Å². The Morgan fingerprint density at radius 3 is 2.40 bits per heavy atom. The summed E-state index contributed by atoms with van der Waals surface area (Å²) in [4.78, 5) is 24.3. The van der Waals surface area contributed by atoms with E-state index >= 15 is 0 Å². The summed E-state index contributed by atoms with van der Waals surface area (Å²) in [7, 11) is 1.81. The molecule has 3 rings (SSSR count). The van der Waals surface area contributed by atoms with Crippen molar-refractivity contribution in [1.82, 2.24) is 15.1 Å². The number of para-hydroxylation sites is 1. The molecular formula is C23H26N4O3. The highest BCUT2D eigenvalue weighted by molar-refractivity contribution is 5.95. The molecule has 0 aliphatic carbocycles. The molecule has 2 N–H and O–H groups in total. The summed E-state index contributed by atoms with van der Waals surface area (Å²) in [6.45, 7) is 3.39. The van der Waals surface area contributed by atoms with Gasteiger partial charge in [0.1, 0.15) is 5.75 Å². The van der Waals surface area contributed by atoms with Gasteiger partial charge in [0.15, 0.2) is 6.61 Å². The van der Waals surface area contributed by atoms with E-state index in [0.29, 0.717) is 17.9 Å². The van der Waals surface area contributed by atoms with Crippen LogP contribution in [0.5, 0.6) is 5.75 Å². The number of nitrogens with zero attached hydrogens (tertiary/aromatic N) is 2. The van der Waals surface area contributed by atoms with Crippen molar-refractivity contribution in [2.45, 2.75) is 20.3 Å². The highest BCUT2D eigenvalue weighted by Gasteiger charge is 2.13. The van der Waals surface area contributed by atoms with Crippen molar-refractivity contribution < 1.29 is 14.3 Å². The van der Waals surface area contributed by atoms with Crippen LogP contribution in [0.3, 0.4) is 0 Å². The van der Waals surface area contributed by atoms with Crippen molar-refractivity contribution in [3.8, 4) is 5.75 Å². The normalized spacial score (nSPS) is 10.5. The van der Waals surface area contributed by atoms with Gasteiger partial charge in [-0.2, -0.15) is 5.10 Å². The van der Waals surface area contributed by atoms with Crippen LogP contribution in [0.15, 0.2) is 54.6 Å². The Hall–Kier alpha value is -3.61. The second-order valence-corrected chi connectivity index (χ2v) is 7.05. The van der Waals surface area contributed by atoms with E-state index in [9.17, 15) is 9.59 Å². The van der Waals surface area contributed by atoms with Crippen LogP contribution in [0.1, 0.15) is 22.5 Å². The summed E-state index contributed by atoms with van der Waals surface area (Å²) in [6, 6.07) is 17.7. The second-order valence-electron chi connectivity index (χ2n) is 7.05. The number of anilines is 1. The van der Waals surface area contributed by atoms with Crippen LogP contribution in [0, 0.1) is 13.8 Å². The number of rotatable bonds is 8. The monoisotopic (exact) mass is 406 g/mol. The minimum Gasteiger partial charge on any atom is -0.483 e. The number of aryl methyl sites for hydroxylation is 2. The van der Waals surface area contributed by atoms with Gasteiger partial charge in [0.25, 0.3) is 5.91 Å². The number of benzene rings is 2. The van der Waals surface area contributed by atoms with Gasteiger partial charge < -0.3 is 15.4 Å². The van der Waals surface area contributed by atoms with Gasteiger partial charge in [-0.25, -0.2) is 0 Å². The molecule has 0 aliphatic heterocycles. The van der Waals surface area contributed by atoms with Gasteiger partial charge in [0, 0.05) is 13.5 Å². The molecule has 0 fully saturated rings. The Labute approximate surface area is 176 Å². The van der Waals surface area contributed by atoms with E-state index in [2.05, 4.69) is 15.7 Å². The smallest absolute Gasteiger partial charge is 0.258 e. The fourth-order valence-corrected chi connectivity index (χ4v) is 3.12. The highest BCUT2D eigenvalue weighted by Crippen LogP contribution is 2.21. The van der Waals surface area contributed by atoms with E-state index in [1.165, 1.54) is 0 Å². The number of carbonyl (C=O) groups is 2. The average molecular weight is 406 g/mol. The fraction of sp³-hybridized carbons (Fsp3) is 0.261. The topological polar surface area (TPSA) is 85.3 Å². The quantitative estimate of drug-likeness (QED) is 0.602. The molecule has 0 bridgehead atoms. The number of amides is 2. The SMILES string of the molecule is Cc1nn(C)c(C)c1NC(=O)CNC(=O)COc1ccccc1Cc1ccccc1. The van der Waals surface area contributed by atoms with E-state index in [0.717, 1.165) is 22.5 Å². The molecule has 1 heterocycles. The molecule has 0 unspecified atom stereocenters. The molecule has 0 saturated carbocycles. The van der Waals surface area contributed by atoms with Gasteiger partial charge >= 0.3 is 0 Å². The maximum atomic E-state index is 12.2. The molecule has 7 heteroatoms. The van der Waals surface area contributed by atoms with Crippen molar-refractivity contribution in [1.29, 1.82) is 0 Å². The lowest BCUT2D eigenvalue weighted by atomic mass is 10.0. The zero-order valence-electron chi connectivity index (χ0n) is 17.4. The van der Waals surface area contributed by atoms with Crippen molar-refractivity contribution in [2.75, 3.05) is 18.5 Å². The first-order valence-electron chi connectivity index (χ1n) is 9.75. The summed E-state index contributed by atoms with van der Waals surface area (Å²) in [5, 5.41) is 9.63. The standard InChI is InChI=1S/C23H26N4O3/c1-16-23(17(2)27(3)26-16)25-21(28)14-24-22(29)15-30-20-12-8-7-11-19(20)13-18-9-5-4-6-10-18/h4-12H,13-15H2,1-3H3,(H,24,29)(H,25,28). The molecule has 156 valence electrons. The Morgan fingerprint density at radius 2 is 1.70 bits per heavy atom. The third-order valence-corrected chi connectivity index (χ3v) is 4.79. The summed E-state index contributed by atoms with van der Waals surface area (Å²) in [5.41, 5.74) is 4.41. The third kappa shape index (κ3) is 5.47. The summed E-state index contributed by atoms with van der Waals surface area (Å²) in [6.07, 6.45) is 0.713. The molecule has 2 amide bonds. The predicted octanol–water partition coefficient (Wildman–Crippen LogP) is 2.76. The van der Waals surface area contributed by atoms with Crippen molar-refractivity contribution in [2.24, 2.45) is 7.05 Å². The first-order chi connectivity index (χ1) is 14.4. The van der Waals surface area contributed by atoms with Crippen molar-refractivity contribution in [3.63, 3.8) is 0 Å².